The molecule has 3 aliphatic rings. The number of benzene rings is 1. The predicted molar refractivity (Wildman–Crippen MR) is 146 cm³/mol. The molecule has 7 heteroatoms. The van der Waals surface area contributed by atoms with Crippen molar-refractivity contribution in [2.75, 3.05) is 0 Å². The van der Waals surface area contributed by atoms with Crippen molar-refractivity contribution in [2.45, 2.75) is 122 Å². The zero-order chi connectivity index (χ0) is 27.4. The Morgan fingerprint density at radius 3 is 2.53 bits per heavy atom. The molecule has 38 heavy (non-hydrogen) atoms. The van der Waals surface area contributed by atoms with Crippen LogP contribution in [0.25, 0.3) is 0 Å². The van der Waals surface area contributed by atoms with Crippen LogP contribution in [-0.4, -0.2) is 58.1 Å². The molecule has 2 saturated carbocycles. The van der Waals surface area contributed by atoms with E-state index < -0.39 is 24.1 Å². The number of aryl methyl sites for hydroxylation is 1. The molecule has 1 aliphatic heterocycles. The van der Waals surface area contributed by atoms with Crippen molar-refractivity contribution in [3.8, 4) is 0 Å². The van der Waals surface area contributed by atoms with E-state index in [9.17, 15) is 19.5 Å². The number of hydrogen-bond acceptors (Lipinski definition) is 5. The molecular weight excluding hydrogens is 480 g/mol. The van der Waals surface area contributed by atoms with E-state index in [2.05, 4.69) is 26.1 Å². The summed E-state index contributed by atoms with van der Waals surface area (Å²) in [5.74, 6) is -0.711. The number of aliphatic carboxylic acids is 1. The molecule has 0 spiro atoms. The monoisotopic (exact) mass is 526 g/mol. The zero-order valence-corrected chi connectivity index (χ0v) is 23.5. The highest BCUT2D eigenvalue weighted by atomic mass is 16.5. The van der Waals surface area contributed by atoms with Crippen LogP contribution >= 0.6 is 0 Å². The van der Waals surface area contributed by atoms with E-state index in [1.165, 1.54) is 0 Å². The first-order valence-electron chi connectivity index (χ1n) is 14.6. The van der Waals surface area contributed by atoms with Gasteiger partial charge >= 0.3 is 11.9 Å². The fraction of sp³-hybridized carbons (Fsp3) is 0.710. The summed E-state index contributed by atoms with van der Waals surface area (Å²) in [5, 5.41) is 13.1. The third kappa shape index (κ3) is 6.41. The summed E-state index contributed by atoms with van der Waals surface area (Å²) in [6, 6.07) is 7.87. The summed E-state index contributed by atoms with van der Waals surface area (Å²) < 4.78 is 6.10. The number of nitrogens with one attached hydrogen (secondary N) is 1. The van der Waals surface area contributed by atoms with Gasteiger partial charge in [-0.2, -0.15) is 0 Å². The maximum atomic E-state index is 13.6. The molecule has 0 aromatic heterocycles. The summed E-state index contributed by atoms with van der Waals surface area (Å²) in [7, 11) is 0. The van der Waals surface area contributed by atoms with Crippen molar-refractivity contribution in [3.05, 3.63) is 35.9 Å². The molecule has 210 valence electrons. The highest BCUT2D eigenvalue weighted by molar-refractivity contribution is 5.88. The first kappa shape index (κ1) is 28.6. The number of esters is 1. The summed E-state index contributed by atoms with van der Waals surface area (Å²) in [6.45, 7) is 8.51. The minimum atomic E-state index is -0.939. The van der Waals surface area contributed by atoms with Gasteiger partial charge in [-0.25, -0.2) is 4.79 Å². The van der Waals surface area contributed by atoms with Crippen LogP contribution in [0.2, 0.25) is 0 Å². The Morgan fingerprint density at radius 1 is 1.11 bits per heavy atom. The number of carbonyl (C=O) groups excluding carboxylic acids is 2. The number of carboxylic acid groups (broad SMARTS) is 1. The summed E-state index contributed by atoms with van der Waals surface area (Å²) in [6.07, 6.45) is 8.33. The highest BCUT2D eigenvalue weighted by Gasteiger charge is 2.49. The molecule has 7 atom stereocenters. The molecule has 1 aromatic rings. The van der Waals surface area contributed by atoms with E-state index in [1.54, 1.807) is 11.8 Å². The molecule has 2 aliphatic carbocycles. The second-order valence-corrected chi connectivity index (χ2v) is 12.5. The third-order valence-corrected chi connectivity index (χ3v) is 9.69. The Balaban J connectivity index is 1.46. The lowest BCUT2D eigenvalue weighted by molar-refractivity contribution is -0.157. The molecule has 1 aromatic carbocycles. The average molecular weight is 527 g/mol. The molecule has 1 heterocycles. The fourth-order valence-corrected chi connectivity index (χ4v) is 6.98. The van der Waals surface area contributed by atoms with Gasteiger partial charge in [-0.05, 0) is 87.5 Å². The molecule has 1 amide bonds. The Bertz CT molecular complexity index is 982. The standard InChI is InChI=1S/C31H46N2O5/c1-20(2)31(4)17-9-13-24(19-31)38-30(37)25(16-15-22-10-6-5-7-11-22)32-21(3)28(34)33-26-14-8-12-23(26)18-27(33)29(35)36/h5-7,10-11,20-21,23-27,32H,8-9,12-19H2,1-4H3,(H,35,36)/t21-,23-,24?,25-,26-,27-,31?/m0/s1. The first-order chi connectivity index (χ1) is 18.1. The fourth-order valence-electron chi connectivity index (χ4n) is 6.98. The Hall–Kier alpha value is -2.41. The summed E-state index contributed by atoms with van der Waals surface area (Å²) >= 11 is 0. The Labute approximate surface area is 227 Å². The number of fused-ring (bicyclic) bond motifs is 1. The number of carboxylic acids is 1. The maximum absolute atomic E-state index is 13.6. The average Bonchev–Trinajstić information content (AvgIpc) is 3.48. The molecule has 3 fully saturated rings. The van der Waals surface area contributed by atoms with Gasteiger partial charge in [0.25, 0.3) is 0 Å². The van der Waals surface area contributed by atoms with Crippen molar-refractivity contribution >= 4 is 17.8 Å². The normalized spacial score (nSPS) is 30.6. The zero-order valence-electron chi connectivity index (χ0n) is 23.5. The van der Waals surface area contributed by atoms with Crippen LogP contribution in [-0.2, 0) is 25.5 Å². The second kappa shape index (κ2) is 12.2. The van der Waals surface area contributed by atoms with Crippen LogP contribution in [0.3, 0.4) is 0 Å². The lowest BCUT2D eigenvalue weighted by atomic mass is 9.67. The quantitative estimate of drug-likeness (QED) is 0.418. The van der Waals surface area contributed by atoms with E-state index in [4.69, 9.17) is 4.74 Å². The molecule has 0 radical (unpaired) electrons. The lowest BCUT2D eigenvalue weighted by Crippen LogP contribution is -2.55. The largest absolute Gasteiger partial charge is 0.480 e. The van der Waals surface area contributed by atoms with Crippen LogP contribution in [0.15, 0.2) is 30.3 Å². The van der Waals surface area contributed by atoms with Crippen molar-refractivity contribution in [2.24, 2.45) is 17.3 Å². The van der Waals surface area contributed by atoms with E-state index >= 15 is 0 Å². The summed E-state index contributed by atoms with van der Waals surface area (Å²) in [5.41, 5.74) is 1.27. The molecular formula is C31H46N2O5. The van der Waals surface area contributed by atoms with Gasteiger partial charge in [0.15, 0.2) is 0 Å². The Kier molecular flexibility index (Phi) is 9.17. The van der Waals surface area contributed by atoms with Gasteiger partial charge in [0, 0.05) is 6.04 Å². The van der Waals surface area contributed by atoms with E-state index in [0.717, 1.165) is 50.5 Å². The number of carbonyl (C=O) groups is 3. The summed E-state index contributed by atoms with van der Waals surface area (Å²) in [4.78, 5) is 40.8. The maximum Gasteiger partial charge on any atom is 0.326 e. The van der Waals surface area contributed by atoms with Crippen LogP contribution in [0, 0.1) is 17.3 Å². The van der Waals surface area contributed by atoms with Crippen LogP contribution in [0.5, 0.6) is 0 Å². The molecule has 1 saturated heterocycles. The Morgan fingerprint density at radius 2 is 1.84 bits per heavy atom. The van der Waals surface area contributed by atoms with Gasteiger partial charge < -0.3 is 14.7 Å². The SMILES string of the molecule is CC(C)C1(C)CCCC(OC(=O)[C@H](CCc2ccccc2)N[C@@H](C)C(=O)N2[C@H](C(=O)O)C[C@@H]3CCC[C@@H]32)C1. The predicted octanol–water partition coefficient (Wildman–Crippen LogP) is 4.97. The van der Waals surface area contributed by atoms with Crippen LogP contribution < -0.4 is 5.32 Å². The smallest absolute Gasteiger partial charge is 0.326 e. The molecule has 0 bridgehead atoms. The number of likely N-dealkylation sites (tertiary alicyclic amines) is 1. The van der Waals surface area contributed by atoms with Crippen molar-refractivity contribution < 1.29 is 24.2 Å². The van der Waals surface area contributed by atoms with E-state index in [0.29, 0.717) is 25.2 Å². The molecule has 4 rings (SSSR count). The second-order valence-electron chi connectivity index (χ2n) is 12.5. The number of hydrogen-bond donors (Lipinski definition) is 2. The van der Waals surface area contributed by atoms with E-state index in [-0.39, 0.29) is 35.4 Å². The number of amides is 1. The minimum absolute atomic E-state index is 0.0153. The van der Waals surface area contributed by atoms with Gasteiger partial charge in [-0.1, -0.05) is 57.5 Å². The minimum Gasteiger partial charge on any atom is -0.480 e. The van der Waals surface area contributed by atoms with Gasteiger partial charge in [0.1, 0.15) is 18.2 Å². The molecule has 2 unspecified atom stereocenters. The first-order valence-corrected chi connectivity index (χ1v) is 14.6. The van der Waals surface area contributed by atoms with Gasteiger partial charge in [0.05, 0.1) is 6.04 Å². The highest BCUT2D eigenvalue weighted by Crippen LogP contribution is 2.43. The van der Waals surface area contributed by atoms with Gasteiger partial charge in [0.2, 0.25) is 5.91 Å². The van der Waals surface area contributed by atoms with Gasteiger partial charge in [-0.3, -0.25) is 14.9 Å². The van der Waals surface area contributed by atoms with Crippen LogP contribution in [0.1, 0.15) is 91.0 Å². The van der Waals surface area contributed by atoms with Crippen LogP contribution in [0.4, 0.5) is 0 Å². The molecule has 7 nitrogen and oxygen atoms in total. The van der Waals surface area contributed by atoms with Crippen molar-refractivity contribution in [1.82, 2.24) is 10.2 Å². The van der Waals surface area contributed by atoms with Gasteiger partial charge in [-0.15, -0.1) is 0 Å². The third-order valence-electron chi connectivity index (χ3n) is 9.69. The topological polar surface area (TPSA) is 95.9 Å². The number of nitrogens with zero attached hydrogens (tertiary/aromatic N) is 1. The molecule has 2 N–H and O–H groups in total. The van der Waals surface area contributed by atoms with Crippen molar-refractivity contribution in [3.63, 3.8) is 0 Å². The van der Waals surface area contributed by atoms with Crippen molar-refractivity contribution in [1.29, 1.82) is 0 Å². The lowest BCUT2D eigenvalue weighted by Gasteiger charge is -2.41. The number of ether oxygens (including phenoxy) is 1. The van der Waals surface area contributed by atoms with E-state index in [1.807, 2.05) is 30.3 Å². The number of rotatable bonds is 10.